The van der Waals surface area contributed by atoms with Crippen molar-refractivity contribution in [2.75, 3.05) is 19.7 Å². The maximum atomic E-state index is 12.6. The van der Waals surface area contributed by atoms with E-state index in [0.29, 0.717) is 24.4 Å². The molecular formula is C14H14ClNO4S. The number of sulfonamides is 1. The van der Waals surface area contributed by atoms with E-state index in [4.69, 9.17) is 16.3 Å². The van der Waals surface area contributed by atoms with Crippen LogP contribution in [0.4, 0.5) is 0 Å². The molecule has 1 aromatic rings. The van der Waals surface area contributed by atoms with Crippen molar-refractivity contribution in [3.63, 3.8) is 0 Å². The lowest BCUT2D eigenvalue weighted by atomic mass is 10.2. The zero-order valence-electron chi connectivity index (χ0n) is 11.2. The summed E-state index contributed by atoms with van der Waals surface area (Å²) in [5.41, 5.74) is 0.544. The van der Waals surface area contributed by atoms with Crippen molar-refractivity contribution in [3.8, 4) is 0 Å². The first-order valence-electron chi connectivity index (χ1n) is 6.66. The topological polar surface area (TPSA) is 63.7 Å². The third-order valence-electron chi connectivity index (χ3n) is 3.56. The molecule has 0 atom stereocenters. The third-order valence-corrected chi connectivity index (χ3v) is 5.94. The third kappa shape index (κ3) is 2.71. The van der Waals surface area contributed by atoms with Crippen molar-refractivity contribution in [3.05, 3.63) is 34.9 Å². The number of benzene rings is 1. The predicted molar refractivity (Wildman–Crippen MR) is 78.4 cm³/mol. The number of nitrogens with zero attached hydrogens (tertiary/aromatic N) is 1. The molecule has 0 aromatic heterocycles. The lowest BCUT2D eigenvalue weighted by molar-refractivity contribution is -0.115. The second-order valence-electron chi connectivity index (χ2n) is 5.02. The summed E-state index contributed by atoms with van der Waals surface area (Å²) in [5, 5.41) is 0.176. The monoisotopic (exact) mass is 327 g/mol. The van der Waals surface area contributed by atoms with Gasteiger partial charge >= 0.3 is 0 Å². The molecule has 21 heavy (non-hydrogen) atoms. The molecule has 0 N–H and O–H groups in total. The van der Waals surface area contributed by atoms with Gasteiger partial charge in [0.15, 0.2) is 12.4 Å². The van der Waals surface area contributed by atoms with Gasteiger partial charge in [0.25, 0.3) is 0 Å². The van der Waals surface area contributed by atoms with Gasteiger partial charge in [0.05, 0.1) is 5.02 Å². The maximum absolute atomic E-state index is 12.6. The zero-order valence-corrected chi connectivity index (χ0v) is 12.8. The van der Waals surface area contributed by atoms with Gasteiger partial charge in [0.2, 0.25) is 10.0 Å². The Labute approximate surface area is 128 Å². The van der Waals surface area contributed by atoms with Gasteiger partial charge in [-0.15, -0.1) is 0 Å². The summed E-state index contributed by atoms with van der Waals surface area (Å²) in [6.07, 6.45) is 3.09. The van der Waals surface area contributed by atoms with Crippen molar-refractivity contribution in [1.82, 2.24) is 4.31 Å². The van der Waals surface area contributed by atoms with Crippen LogP contribution in [0.15, 0.2) is 29.2 Å². The summed E-state index contributed by atoms with van der Waals surface area (Å²) in [4.78, 5) is 11.3. The minimum atomic E-state index is -3.60. The van der Waals surface area contributed by atoms with Crippen LogP contribution < -0.4 is 0 Å². The summed E-state index contributed by atoms with van der Waals surface area (Å²) < 4.78 is 31.9. The number of hydrogen-bond donors (Lipinski definition) is 0. The fraction of sp³-hybridized carbons (Fsp3) is 0.357. The number of carbonyl (C=O) groups is 1. The number of ether oxygens (including phenoxy) is 1. The van der Waals surface area contributed by atoms with Gasteiger partial charge in [-0.05, 0) is 31.0 Å². The summed E-state index contributed by atoms with van der Waals surface area (Å²) in [5.74, 6) is 0.249. The van der Waals surface area contributed by atoms with E-state index in [9.17, 15) is 13.2 Å². The number of carbonyl (C=O) groups excluding carboxylic acids is 1. The summed E-state index contributed by atoms with van der Waals surface area (Å²) >= 11 is 6.06. The lowest BCUT2D eigenvalue weighted by Gasteiger charge is -2.17. The van der Waals surface area contributed by atoms with Gasteiger partial charge in [-0.1, -0.05) is 11.6 Å². The van der Waals surface area contributed by atoms with E-state index in [1.165, 1.54) is 22.5 Å². The number of ketones is 1. The average Bonchev–Trinajstić information content (AvgIpc) is 3.10. The Kier molecular flexibility index (Phi) is 3.77. The number of halogens is 1. The highest BCUT2D eigenvalue weighted by molar-refractivity contribution is 7.89. The summed E-state index contributed by atoms with van der Waals surface area (Å²) in [6, 6.07) is 4.64. The molecule has 112 valence electrons. The van der Waals surface area contributed by atoms with E-state index in [0.717, 1.165) is 12.8 Å². The average molecular weight is 328 g/mol. The molecule has 2 aliphatic heterocycles. The molecule has 0 bridgehead atoms. The molecule has 0 unspecified atom stereocenters. The zero-order chi connectivity index (χ0) is 15.0. The van der Waals surface area contributed by atoms with Crippen molar-refractivity contribution in [2.24, 2.45) is 0 Å². The van der Waals surface area contributed by atoms with Crippen molar-refractivity contribution in [2.45, 2.75) is 17.7 Å². The molecule has 0 spiro atoms. The Balaban J connectivity index is 2.02. The van der Waals surface area contributed by atoms with Crippen molar-refractivity contribution in [1.29, 1.82) is 0 Å². The largest absolute Gasteiger partial charge is 0.485 e. The quantitative estimate of drug-likeness (QED) is 0.852. The standard InChI is InChI=1S/C14H14ClNO4S/c15-12-4-3-10(13-8-11(17)9-20-13)7-14(12)21(18,19)16-5-1-2-6-16/h3-4,7-8H,1-2,5-6,9H2. The first-order valence-corrected chi connectivity index (χ1v) is 8.48. The Morgan fingerprint density at radius 2 is 1.90 bits per heavy atom. The minimum absolute atomic E-state index is 0.00777. The fourth-order valence-electron chi connectivity index (χ4n) is 2.47. The first-order chi connectivity index (χ1) is 9.98. The van der Waals surface area contributed by atoms with Gasteiger partial charge in [-0.25, -0.2) is 8.42 Å². The summed E-state index contributed by atoms with van der Waals surface area (Å²) in [7, 11) is -3.60. The number of rotatable bonds is 3. The van der Waals surface area contributed by atoms with E-state index in [2.05, 4.69) is 0 Å². The van der Waals surface area contributed by atoms with Crippen LogP contribution in [0.25, 0.3) is 5.76 Å². The van der Waals surface area contributed by atoms with E-state index in [1.54, 1.807) is 6.07 Å². The summed E-state index contributed by atoms with van der Waals surface area (Å²) in [6.45, 7) is 1.02. The van der Waals surface area contributed by atoms with Crippen LogP contribution >= 0.6 is 11.6 Å². The second-order valence-corrected chi connectivity index (χ2v) is 7.33. The Hall–Kier alpha value is -1.37. The van der Waals surface area contributed by atoms with Crippen LogP contribution in [-0.2, 0) is 19.6 Å². The number of hydrogen-bond acceptors (Lipinski definition) is 4. The molecule has 1 saturated heterocycles. The van der Waals surface area contributed by atoms with E-state index in [-0.39, 0.29) is 22.3 Å². The van der Waals surface area contributed by atoms with Crippen LogP contribution in [-0.4, -0.2) is 38.2 Å². The fourth-order valence-corrected chi connectivity index (χ4v) is 4.48. The smallest absolute Gasteiger partial charge is 0.244 e. The lowest BCUT2D eigenvalue weighted by Crippen LogP contribution is -2.28. The van der Waals surface area contributed by atoms with E-state index >= 15 is 0 Å². The molecule has 0 saturated carbocycles. The second kappa shape index (κ2) is 5.44. The van der Waals surface area contributed by atoms with Crippen molar-refractivity contribution >= 4 is 33.2 Å². The molecular weight excluding hydrogens is 314 g/mol. The first kappa shape index (κ1) is 14.6. The minimum Gasteiger partial charge on any atom is -0.485 e. The Morgan fingerprint density at radius 3 is 2.52 bits per heavy atom. The maximum Gasteiger partial charge on any atom is 0.244 e. The van der Waals surface area contributed by atoms with E-state index in [1.807, 2.05) is 0 Å². The van der Waals surface area contributed by atoms with Gasteiger partial charge in [0, 0.05) is 24.7 Å². The van der Waals surface area contributed by atoms with E-state index < -0.39 is 10.0 Å². The van der Waals surface area contributed by atoms with Crippen LogP contribution in [0.5, 0.6) is 0 Å². The molecule has 0 amide bonds. The van der Waals surface area contributed by atoms with Gasteiger partial charge in [-0.3, -0.25) is 4.79 Å². The van der Waals surface area contributed by atoms with Gasteiger partial charge in [0.1, 0.15) is 10.7 Å². The molecule has 1 aromatic carbocycles. The molecule has 7 heteroatoms. The van der Waals surface area contributed by atoms with Crippen LogP contribution in [0.2, 0.25) is 5.02 Å². The van der Waals surface area contributed by atoms with Crippen molar-refractivity contribution < 1.29 is 17.9 Å². The Bertz CT molecular complexity index is 720. The molecule has 5 nitrogen and oxygen atoms in total. The predicted octanol–water partition coefficient (Wildman–Crippen LogP) is 2.06. The van der Waals surface area contributed by atoms with Gasteiger partial charge in [-0.2, -0.15) is 4.31 Å². The van der Waals surface area contributed by atoms with Crippen LogP contribution in [0, 0.1) is 0 Å². The highest BCUT2D eigenvalue weighted by atomic mass is 35.5. The Morgan fingerprint density at radius 1 is 1.19 bits per heavy atom. The molecule has 2 aliphatic rings. The highest BCUT2D eigenvalue weighted by Crippen LogP contribution is 2.31. The van der Waals surface area contributed by atoms with Crippen LogP contribution in [0.3, 0.4) is 0 Å². The molecule has 0 radical (unpaired) electrons. The molecule has 2 heterocycles. The molecule has 0 aliphatic carbocycles. The SMILES string of the molecule is O=C1C=C(c2ccc(Cl)c(S(=O)(=O)N3CCCC3)c2)OC1. The normalized spacial score (nSPS) is 19.7. The molecule has 1 fully saturated rings. The van der Waals surface area contributed by atoms with Gasteiger partial charge < -0.3 is 4.74 Å². The highest BCUT2D eigenvalue weighted by Gasteiger charge is 2.30. The van der Waals surface area contributed by atoms with Crippen LogP contribution in [0.1, 0.15) is 18.4 Å². The molecule has 3 rings (SSSR count).